The third kappa shape index (κ3) is 2.69. The highest BCUT2D eigenvalue weighted by molar-refractivity contribution is 5.97. The fourth-order valence-electron chi connectivity index (χ4n) is 0.657. The van der Waals surface area contributed by atoms with Crippen molar-refractivity contribution >= 4 is 18.1 Å². The number of nitrogens with one attached hydrogen (secondary N) is 4. The summed E-state index contributed by atoms with van der Waals surface area (Å²) < 4.78 is 0. The van der Waals surface area contributed by atoms with Crippen LogP contribution in [0.4, 0.5) is 14.4 Å². The molecule has 0 atom stereocenters. The van der Waals surface area contributed by atoms with Crippen molar-refractivity contribution in [3.8, 4) is 0 Å². The molecule has 6 amide bonds. The van der Waals surface area contributed by atoms with Crippen molar-refractivity contribution in [2.45, 2.75) is 0 Å². The molecule has 1 saturated heterocycles. The lowest BCUT2D eigenvalue weighted by Crippen LogP contribution is -2.54. The van der Waals surface area contributed by atoms with Gasteiger partial charge in [-0.05, 0) is 0 Å². The van der Waals surface area contributed by atoms with E-state index >= 15 is 0 Å². The Morgan fingerprint density at radius 2 is 1.77 bits per heavy atom. The van der Waals surface area contributed by atoms with Gasteiger partial charge in [-0.2, -0.15) is 0 Å². The van der Waals surface area contributed by atoms with Gasteiger partial charge in [-0.25, -0.2) is 14.4 Å². The van der Waals surface area contributed by atoms with Crippen LogP contribution in [-0.2, 0) is 0 Å². The fourth-order valence-corrected chi connectivity index (χ4v) is 0.657. The Kier molecular flexibility index (Phi) is 2.33. The zero-order valence-electron chi connectivity index (χ0n) is 6.38. The average Bonchev–Trinajstić information content (AvgIpc) is 1.99. The third-order valence-corrected chi connectivity index (χ3v) is 1.08. The molecule has 70 valence electrons. The van der Waals surface area contributed by atoms with Crippen LogP contribution in [0.5, 0.6) is 0 Å². The second-order valence-corrected chi connectivity index (χ2v) is 2.10. The Morgan fingerprint density at radius 1 is 1.23 bits per heavy atom. The Labute approximate surface area is 72.5 Å². The van der Waals surface area contributed by atoms with Crippen molar-refractivity contribution < 1.29 is 14.4 Å². The number of rotatable bonds is 1. The van der Waals surface area contributed by atoms with Gasteiger partial charge in [0.15, 0.2) is 0 Å². The van der Waals surface area contributed by atoms with Crippen molar-refractivity contribution in [1.29, 1.82) is 0 Å². The Morgan fingerprint density at radius 3 is 2.23 bits per heavy atom. The van der Waals surface area contributed by atoms with Crippen molar-refractivity contribution in [3.05, 3.63) is 12.0 Å². The molecule has 6 N–H and O–H groups in total. The van der Waals surface area contributed by atoms with Gasteiger partial charge in [0.05, 0.1) is 0 Å². The molecular formula is C5H7N5O3. The Hall–Kier alpha value is -2.25. The lowest BCUT2D eigenvalue weighted by atomic mass is 10.6. The first-order chi connectivity index (χ1) is 6.08. The van der Waals surface area contributed by atoms with E-state index in [-0.39, 0.29) is 5.82 Å². The standard InChI is InChI=1S/C5H7N5O3/c6-3(11)7-1-2-8-4(12)10-5(13)9-2/h1H,(H3,6,7,11)(H3,8,9,10,12,13). The van der Waals surface area contributed by atoms with Crippen LogP contribution < -0.4 is 27.0 Å². The number of primary amides is 1. The molecule has 0 radical (unpaired) electrons. The van der Waals surface area contributed by atoms with Gasteiger partial charge in [0.2, 0.25) is 0 Å². The predicted molar refractivity (Wildman–Crippen MR) is 41.0 cm³/mol. The number of imide groups is 1. The van der Waals surface area contributed by atoms with Gasteiger partial charge < -0.3 is 11.1 Å². The summed E-state index contributed by atoms with van der Waals surface area (Å²) in [5.41, 5.74) is 4.74. The van der Waals surface area contributed by atoms with Crippen LogP contribution in [0.1, 0.15) is 0 Å². The average molecular weight is 185 g/mol. The summed E-state index contributed by atoms with van der Waals surface area (Å²) >= 11 is 0. The fraction of sp³-hybridized carbons (Fsp3) is 0. The number of urea groups is 3. The van der Waals surface area contributed by atoms with Crippen LogP contribution in [0.15, 0.2) is 12.0 Å². The van der Waals surface area contributed by atoms with E-state index in [1.54, 1.807) is 0 Å². The zero-order valence-corrected chi connectivity index (χ0v) is 6.38. The van der Waals surface area contributed by atoms with Gasteiger partial charge in [-0.1, -0.05) is 0 Å². The zero-order chi connectivity index (χ0) is 9.84. The molecule has 0 saturated carbocycles. The van der Waals surface area contributed by atoms with Gasteiger partial charge in [0.25, 0.3) is 0 Å². The lowest BCUT2D eigenvalue weighted by Gasteiger charge is -2.16. The van der Waals surface area contributed by atoms with Gasteiger partial charge in [-0.3, -0.25) is 16.0 Å². The summed E-state index contributed by atoms with van der Waals surface area (Å²) in [4.78, 5) is 31.6. The summed E-state index contributed by atoms with van der Waals surface area (Å²) in [5, 5.41) is 8.41. The maximum atomic E-state index is 10.7. The van der Waals surface area contributed by atoms with Crippen LogP contribution in [0.25, 0.3) is 0 Å². The number of nitrogens with two attached hydrogens (primary N) is 1. The number of hydrogen-bond donors (Lipinski definition) is 5. The van der Waals surface area contributed by atoms with Crippen LogP contribution >= 0.6 is 0 Å². The van der Waals surface area contributed by atoms with E-state index in [9.17, 15) is 14.4 Å². The number of hydrogen-bond acceptors (Lipinski definition) is 3. The summed E-state index contributed by atoms with van der Waals surface area (Å²) in [7, 11) is 0. The minimum Gasteiger partial charge on any atom is -0.351 e. The molecule has 13 heavy (non-hydrogen) atoms. The third-order valence-electron chi connectivity index (χ3n) is 1.08. The molecule has 0 spiro atoms. The predicted octanol–water partition coefficient (Wildman–Crippen LogP) is -1.52. The van der Waals surface area contributed by atoms with E-state index < -0.39 is 18.1 Å². The summed E-state index contributed by atoms with van der Waals surface area (Å²) in [6.07, 6.45) is 1.07. The van der Waals surface area contributed by atoms with E-state index in [0.29, 0.717) is 0 Å². The second-order valence-electron chi connectivity index (χ2n) is 2.10. The maximum absolute atomic E-state index is 10.7. The highest BCUT2D eigenvalue weighted by Crippen LogP contribution is 1.87. The molecule has 8 nitrogen and oxygen atoms in total. The topological polar surface area (TPSA) is 125 Å². The van der Waals surface area contributed by atoms with E-state index in [1.165, 1.54) is 0 Å². The molecule has 0 aromatic heterocycles. The van der Waals surface area contributed by atoms with Crippen LogP contribution in [0, 0.1) is 0 Å². The summed E-state index contributed by atoms with van der Waals surface area (Å²) in [5.74, 6) is 0.0487. The van der Waals surface area contributed by atoms with E-state index in [0.717, 1.165) is 6.20 Å². The molecular weight excluding hydrogens is 178 g/mol. The molecule has 1 aliphatic heterocycles. The SMILES string of the molecule is NC(=O)NC=C1NC(=O)NC(=O)N1. The smallest absolute Gasteiger partial charge is 0.328 e. The van der Waals surface area contributed by atoms with Crippen molar-refractivity contribution in [2.75, 3.05) is 0 Å². The summed E-state index contributed by atoms with van der Waals surface area (Å²) in [6, 6.07) is -2.16. The molecule has 0 aliphatic carbocycles. The number of carbonyl (C=O) groups is 3. The minimum atomic E-state index is -0.797. The highest BCUT2D eigenvalue weighted by atomic mass is 16.2. The van der Waals surface area contributed by atoms with Gasteiger partial charge in [0, 0.05) is 6.20 Å². The largest absolute Gasteiger partial charge is 0.351 e. The summed E-state index contributed by atoms with van der Waals surface area (Å²) in [6.45, 7) is 0. The molecule has 0 aromatic carbocycles. The molecule has 0 unspecified atom stereocenters. The Bertz CT molecular complexity index is 279. The number of carbonyl (C=O) groups excluding carboxylic acids is 3. The first-order valence-electron chi connectivity index (χ1n) is 3.23. The van der Waals surface area contributed by atoms with Gasteiger partial charge >= 0.3 is 18.1 Å². The quantitative estimate of drug-likeness (QED) is 0.340. The molecule has 0 aromatic rings. The number of amides is 6. The Balaban J connectivity index is 2.59. The minimum absolute atomic E-state index is 0.0487. The maximum Gasteiger partial charge on any atom is 0.328 e. The molecule has 1 aliphatic rings. The first-order valence-corrected chi connectivity index (χ1v) is 3.23. The monoisotopic (exact) mass is 185 g/mol. The van der Waals surface area contributed by atoms with Gasteiger partial charge in [-0.15, -0.1) is 0 Å². The van der Waals surface area contributed by atoms with Crippen LogP contribution in [0.2, 0.25) is 0 Å². The molecule has 0 bridgehead atoms. The molecule has 1 heterocycles. The van der Waals surface area contributed by atoms with Crippen molar-refractivity contribution in [1.82, 2.24) is 21.3 Å². The van der Waals surface area contributed by atoms with Crippen molar-refractivity contribution in [2.24, 2.45) is 5.73 Å². The molecule has 8 heteroatoms. The van der Waals surface area contributed by atoms with E-state index in [4.69, 9.17) is 5.73 Å². The second kappa shape index (κ2) is 3.43. The first kappa shape index (κ1) is 8.84. The molecule has 1 rings (SSSR count). The van der Waals surface area contributed by atoms with Crippen molar-refractivity contribution in [3.63, 3.8) is 0 Å². The van der Waals surface area contributed by atoms with Crippen LogP contribution in [0.3, 0.4) is 0 Å². The normalized spacial score (nSPS) is 15.2. The lowest BCUT2D eigenvalue weighted by molar-refractivity contribution is 0.223. The van der Waals surface area contributed by atoms with E-state index in [2.05, 4.69) is 16.0 Å². The van der Waals surface area contributed by atoms with Gasteiger partial charge in [0.1, 0.15) is 5.82 Å². The van der Waals surface area contributed by atoms with E-state index in [1.807, 2.05) is 5.32 Å². The molecule has 1 fully saturated rings. The van der Waals surface area contributed by atoms with Crippen LogP contribution in [-0.4, -0.2) is 18.1 Å². The highest BCUT2D eigenvalue weighted by Gasteiger charge is 2.16.